The van der Waals surface area contributed by atoms with Gasteiger partial charge in [-0.3, -0.25) is 14.8 Å². The van der Waals surface area contributed by atoms with Crippen LogP contribution in [0.25, 0.3) is 0 Å². The first-order valence-electron chi connectivity index (χ1n) is 12.5. The van der Waals surface area contributed by atoms with Crippen molar-refractivity contribution in [2.24, 2.45) is 15.0 Å². The molecule has 0 atom stereocenters. The van der Waals surface area contributed by atoms with Crippen LogP contribution in [0.5, 0.6) is 5.75 Å². The van der Waals surface area contributed by atoms with E-state index in [4.69, 9.17) is 4.74 Å². The van der Waals surface area contributed by atoms with Gasteiger partial charge in [0, 0.05) is 44.2 Å². The Morgan fingerprint density at radius 1 is 1.19 bits per heavy atom. The van der Waals surface area contributed by atoms with Crippen molar-refractivity contribution in [2.75, 3.05) is 24.8 Å². The van der Waals surface area contributed by atoms with E-state index in [2.05, 4.69) is 35.6 Å². The number of aliphatic imine (C=N–C) groups is 3. The molecule has 0 saturated heterocycles. The molecule has 2 rings (SSSR count). The minimum Gasteiger partial charge on any atom is -0.492 e. The molecule has 0 saturated carbocycles. The van der Waals surface area contributed by atoms with Crippen LogP contribution in [0.2, 0.25) is 0 Å². The molecule has 0 aliphatic carbocycles. The van der Waals surface area contributed by atoms with E-state index < -0.39 is 0 Å². The van der Waals surface area contributed by atoms with E-state index in [1.807, 2.05) is 61.5 Å². The Hall–Kier alpha value is -3.88. The number of aromatic nitrogens is 2. The third kappa shape index (κ3) is 9.25. The van der Waals surface area contributed by atoms with E-state index in [1.165, 1.54) is 0 Å². The number of hydrogen-bond donors (Lipinski definition) is 2. The molecule has 0 aromatic carbocycles. The number of nitrogens with one attached hydrogen (secondary N) is 2. The summed E-state index contributed by atoms with van der Waals surface area (Å²) in [5.74, 6) is 2.58. The van der Waals surface area contributed by atoms with Crippen molar-refractivity contribution >= 4 is 41.0 Å². The van der Waals surface area contributed by atoms with Gasteiger partial charge in [0.05, 0.1) is 23.9 Å². The standard InChI is InChI=1S/C26H35N7O2.C2H6/c1-9-21(34)19-15-30-23(33-22(27-7)13-16(3)4)14-20(19)32-26-24(35-8)18(11-12-29-26)25(28-10-2)31-17(5)6;1-2/h10-15,17H,9H2,1-8H3,(H2,27,29,30,32,33);1-2H3. The number of carbonyl (C=O) groups is 1. The number of allylic oxidation sites excluding steroid dienone is 1. The molecule has 0 radical (unpaired) electrons. The highest BCUT2D eigenvalue weighted by Gasteiger charge is 2.19. The van der Waals surface area contributed by atoms with Gasteiger partial charge in [0.25, 0.3) is 0 Å². The van der Waals surface area contributed by atoms with Gasteiger partial charge >= 0.3 is 0 Å². The molecule has 0 aliphatic heterocycles. The Kier molecular flexibility index (Phi) is 13.5. The maximum Gasteiger partial charge on any atom is 0.173 e. The molecule has 37 heavy (non-hydrogen) atoms. The lowest BCUT2D eigenvalue weighted by atomic mass is 10.1. The van der Waals surface area contributed by atoms with E-state index in [-0.39, 0.29) is 11.8 Å². The van der Waals surface area contributed by atoms with Gasteiger partial charge in [-0.1, -0.05) is 26.3 Å². The second kappa shape index (κ2) is 16.0. The zero-order chi connectivity index (χ0) is 28.0. The van der Waals surface area contributed by atoms with E-state index in [0.717, 1.165) is 5.57 Å². The Morgan fingerprint density at radius 3 is 2.43 bits per heavy atom. The second-order valence-electron chi connectivity index (χ2n) is 8.15. The fourth-order valence-corrected chi connectivity index (χ4v) is 3.19. The third-order valence-corrected chi connectivity index (χ3v) is 4.68. The molecule has 0 amide bonds. The Morgan fingerprint density at radius 2 is 1.89 bits per heavy atom. The van der Waals surface area contributed by atoms with E-state index >= 15 is 0 Å². The van der Waals surface area contributed by atoms with E-state index in [0.29, 0.717) is 52.3 Å². The fraction of sp³-hybridized carbons (Fsp3) is 0.429. The fourth-order valence-electron chi connectivity index (χ4n) is 3.19. The summed E-state index contributed by atoms with van der Waals surface area (Å²) in [6, 6.07) is 3.61. The minimum atomic E-state index is -0.0482. The minimum absolute atomic E-state index is 0.0424. The molecular weight excluding hydrogens is 466 g/mol. The quantitative estimate of drug-likeness (QED) is 0.227. The molecular formula is C28H41N7O2. The van der Waals surface area contributed by atoms with Crippen LogP contribution in [0.1, 0.15) is 77.7 Å². The van der Waals surface area contributed by atoms with Gasteiger partial charge in [-0.15, -0.1) is 0 Å². The molecule has 2 aromatic heterocycles. The molecule has 0 spiro atoms. The third-order valence-electron chi connectivity index (χ3n) is 4.68. The van der Waals surface area contributed by atoms with Gasteiger partial charge in [0.1, 0.15) is 11.7 Å². The van der Waals surface area contributed by atoms with Gasteiger partial charge in [0.15, 0.2) is 23.2 Å². The van der Waals surface area contributed by atoms with E-state index in [9.17, 15) is 4.79 Å². The summed E-state index contributed by atoms with van der Waals surface area (Å²) < 4.78 is 5.72. The molecule has 200 valence electrons. The lowest BCUT2D eigenvalue weighted by molar-refractivity contribution is 0.0988. The number of ketones is 1. The average Bonchev–Trinajstić information content (AvgIpc) is 2.88. The van der Waals surface area contributed by atoms with Crippen molar-refractivity contribution in [3.05, 3.63) is 47.3 Å². The van der Waals surface area contributed by atoms with Crippen LogP contribution in [-0.2, 0) is 0 Å². The monoisotopic (exact) mass is 507 g/mol. The molecule has 0 unspecified atom stereocenters. The topological polar surface area (TPSA) is 113 Å². The van der Waals surface area contributed by atoms with Crippen molar-refractivity contribution in [3.8, 4) is 5.75 Å². The number of pyridine rings is 2. The maximum absolute atomic E-state index is 12.7. The molecule has 2 heterocycles. The average molecular weight is 508 g/mol. The first-order valence-corrected chi connectivity index (χ1v) is 12.5. The Labute approximate surface area is 221 Å². The molecule has 2 aromatic rings. The number of methoxy groups -OCH3 is 1. The number of anilines is 3. The number of amidine groups is 2. The summed E-state index contributed by atoms with van der Waals surface area (Å²) in [5.41, 5.74) is 2.78. The first-order chi connectivity index (χ1) is 17.7. The Bertz CT molecular complexity index is 1160. The summed E-state index contributed by atoms with van der Waals surface area (Å²) in [5, 5.41) is 6.46. The molecule has 2 N–H and O–H groups in total. The number of carbonyl (C=O) groups excluding carboxylic acids is 1. The van der Waals surface area contributed by atoms with Crippen LogP contribution < -0.4 is 15.4 Å². The van der Waals surface area contributed by atoms with Gasteiger partial charge in [-0.05, 0) is 46.8 Å². The van der Waals surface area contributed by atoms with Crippen LogP contribution in [0.4, 0.5) is 17.3 Å². The highest BCUT2D eigenvalue weighted by atomic mass is 16.5. The van der Waals surface area contributed by atoms with Gasteiger partial charge < -0.3 is 15.4 Å². The normalized spacial score (nSPS) is 11.6. The largest absolute Gasteiger partial charge is 0.492 e. The highest BCUT2D eigenvalue weighted by molar-refractivity contribution is 6.07. The summed E-state index contributed by atoms with van der Waals surface area (Å²) in [7, 11) is 3.26. The Balaban J connectivity index is 0.00000334. The second-order valence-corrected chi connectivity index (χ2v) is 8.15. The number of hydrogen-bond acceptors (Lipinski definition) is 7. The van der Waals surface area contributed by atoms with Crippen LogP contribution in [0.3, 0.4) is 0 Å². The number of nitrogens with zero attached hydrogens (tertiary/aromatic N) is 5. The van der Waals surface area contributed by atoms with Crippen molar-refractivity contribution < 1.29 is 9.53 Å². The summed E-state index contributed by atoms with van der Waals surface area (Å²) in [4.78, 5) is 34.9. The molecule has 0 bridgehead atoms. The van der Waals surface area contributed by atoms with Crippen LogP contribution in [0, 0.1) is 0 Å². The molecule has 0 aliphatic rings. The SMILES string of the molecule is CC.CC=NC(=NC(C)C)c1ccnc(Nc2cc(NC(C=C(C)C)=NC)ncc2C(=O)CC)c1OC. The van der Waals surface area contributed by atoms with Crippen molar-refractivity contribution in [1.29, 1.82) is 0 Å². The predicted molar refractivity (Wildman–Crippen MR) is 157 cm³/mol. The predicted octanol–water partition coefficient (Wildman–Crippen LogP) is 6.50. The van der Waals surface area contributed by atoms with Crippen molar-refractivity contribution in [1.82, 2.24) is 9.97 Å². The van der Waals surface area contributed by atoms with Gasteiger partial charge in [-0.25, -0.2) is 15.0 Å². The van der Waals surface area contributed by atoms with Crippen molar-refractivity contribution in [3.63, 3.8) is 0 Å². The zero-order valence-electron chi connectivity index (χ0n) is 23.8. The summed E-state index contributed by atoms with van der Waals surface area (Å²) in [6.45, 7) is 15.6. The van der Waals surface area contributed by atoms with Crippen LogP contribution in [0.15, 0.2) is 51.2 Å². The first kappa shape index (κ1) is 31.2. The number of rotatable bonds is 9. The molecule has 0 fully saturated rings. The van der Waals surface area contributed by atoms with Crippen LogP contribution in [-0.4, -0.2) is 53.8 Å². The van der Waals surface area contributed by atoms with Gasteiger partial charge in [-0.2, -0.15) is 0 Å². The lowest BCUT2D eigenvalue weighted by Gasteiger charge is -2.17. The number of Topliss-reactive ketones (excluding diaryl/α,β-unsaturated/α-hetero) is 1. The smallest absolute Gasteiger partial charge is 0.173 e. The maximum atomic E-state index is 12.7. The van der Waals surface area contributed by atoms with E-state index in [1.54, 1.807) is 44.9 Å². The molecule has 9 heteroatoms. The lowest BCUT2D eigenvalue weighted by Crippen LogP contribution is -2.13. The van der Waals surface area contributed by atoms with Gasteiger partial charge in [0.2, 0.25) is 0 Å². The zero-order valence-corrected chi connectivity index (χ0v) is 23.8. The highest BCUT2D eigenvalue weighted by Crippen LogP contribution is 2.32. The molecule has 9 nitrogen and oxygen atoms in total. The van der Waals surface area contributed by atoms with Crippen LogP contribution >= 0.6 is 0 Å². The summed E-state index contributed by atoms with van der Waals surface area (Å²) >= 11 is 0. The number of ether oxygens (including phenoxy) is 1. The van der Waals surface area contributed by atoms with Crippen molar-refractivity contribution in [2.45, 2.75) is 67.9 Å². The summed E-state index contributed by atoms with van der Waals surface area (Å²) in [6.07, 6.45) is 7.14.